The molecule has 204 valence electrons. The lowest BCUT2D eigenvalue weighted by atomic mass is 9.78. The molecular weight excluding hydrogens is 507 g/mol. The highest BCUT2D eigenvalue weighted by atomic mass is 19.3. The number of anilines is 2. The number of alkyl halides is 3. The van der Waals surface area contributed by atoms with Crippen molar-refractivity contribution in [2.24, 2.45) is 10.5 Å². The summed E-state index contributed by atoms with van der Waals surface area (Å²) in [5, 5.41) is 8.29. The summed E-state index contributed by atoms with van der Waals surface area (Å²) in [7, 11) is 0. The summed E-state index contributed by atoms with van der Waals surface area (Å²) in [4.78, 5) is 27.6. The highest BCUT2D eigenvalue weighted by molar-refractivity contribution is 6.33. The van der Waals surface area contributed by atoms with E-state index in [1.54, 1.807) is 25.1 Å². The molecule has 1 heterocycles. The monoisotopic (exact) mass is 537 g/mol. The minimum absolute atomic E-state index is 0.154. The third-order valence-electron chi connectivity index (χ3n) is 6.65. The molecule has 39 heavy (non-hydrogen) atoms. The molecule has 0 saturated heterocycles. The number of hydrogen-bond acceptors (Lipinski definition) is 4. The van der Waals surface area contributed by atoms with E-state index in [0.29, 0.717) is 17.7 Å². The van der Waals surface area contributed by atoms with E-state index < -0.39 is 29.5 Å². The maximum absolute atomic E-state index is 13.9. The summed E-state index contributed by atoms with van der Waals surface area (Å²) in [5.41, 5.74) is 0.211. The van der Waals surface area contributed by atoms with E-state index >= 15 is 0 Å². The molecular formula is C30H30F3N3O3. The SMILES string of the molecule is CCCC1(C(=O)Nc2cccc(C(C)(F)F)c2)C(=O)N(c2ccc(OC(C)F)c(-c3ccccc3)c2)N=C1C. The number of nitrogens with zero attached hydrogens (tertiary/aromatic N) is 2. The van der Waals surface area contributed by atoms with Crippen molar-refractivity contribution in [1.82, 2.24) is 0 Å². The first-order valence-corrected chi connectivity index (χ1v) is 12.7. The minimum atomic E-state index is -3.09. The average Bonchev–Trinajstić information content (AvgIpc) is 3.15. The van der Waals surface area contributed by atoms with Gasteiger partial charge >= 0.3 is 0 Å². The van der Waals surface area contributed by atoms with Crippen molar-refractivity contribution in [3.8, 4) is 16.9 Å². The summed E-state index contributed by atoms with van der Waals surface area (Å²) < 4.78 is 46.8. The fourth-order valence-corrected chi connectivity index (χ4v) is 4.71. The number of carbonyl (C=O) groups is 2. The Morgan fingerprint density at radius 1 is 1.10 bits per heavy atom. The molecule has 1 aliphatic heterocycles. The van der Waals surface area contributed by atoms with E-state index in [0.717, 1.165) is 17.5 Å². The van der Waals surface area contributed by atoms with Crippen LogP contribution in [-0.2, 0) is 15.5 Å². The highest BCUT2D eigenvalue weighted by Crippen LogP contribution is 2.41. The molecule has 0 aliphatic carbocycles. The Balaban J connectivity index is 1.71. The molecule has 9 heteroatoms. The predicted molar refractivity (Wildman–Crippen MR) is 146 cm³/mol. The number of hydrogen-bond donors (Lipinski definition) is 1. The Morgan fingerprint density at radius 3 is 2.46 bits per heavy atom. The second-order valence-corrected chi connectivity index (χ2v) is 9.59. The standard InChI is InChI=1S/C30H30F3N3O3/c1-5-16-30(27(37)34-23-13-9-12-22(17-23)29(4,32)33)19(2)35-36(28(30)38)24-14-15-26(39-20(3)31)25(18-24)21-10-7-6-8-11-21/h6-15,17-18,20H,5,16H2,1-4H3,(H,34,37). The molecule has 1 N–H and O–H groups in total. The summed E-state index contributed by atoms with van der Waals surface area (Å²) in [6.07, 6.45) is -0.901. The number of hydrazone groups is 1. The third-order valence-corrected chi connectivity index (χ3v) is 6.65. The van der Waals surface area contributed by atoms with Gasteiger partial charge in [0, 0.05) is 30.7 Å². The number of rotatable bonds is 9. The van der Waals surface area contributed by atoms with E-state index in [9.17, 15) is 22.8 Å². The lowest BCUT2D eigenvalue weighted by Crippen LogP contribution is -2.48. The zero-order valence-electron chi connectivity index (χ0n) is 22.2. The first-order valence-electron chi connectivity index (χ1n) is 12.7. The molecule has 6 nitrogen and oxygen atoms in total. The zero-order valence-corrected chi connectivity index (χ0v) is 22.2. The topological polar surface area (TPSA) is 71.0 Å². The second kappa shape index (κ2) is 10.9. The molecule has 2 amide bonds. The number of benzene rings is 3. The van der Waals surface area contributed by atoms with Gasteiger partial charge in [-0.05, 0) is 49.2 Å². The summed E-state index contributed by atoms with van der Waals surface area (Å²) in [6, 6.07) is 19.3. The van der Waals surface area contributed by atoms with Gasteiger partial charge in [0.15, 0.2) is 5.41 Å². The minimum Gasteiger partial charge on any atom is -0.460 e. The van der Waals surface area contributed by atoms with Crippen LogP contribution < -0.4 is 15.1 Å². The van der Waals surface area contributed by atoms with Crippen molar-refractivity contribution >= 4 is 28.9 Å². The molecule has 0 fully saturated rings. The number of carbonyl (C=O) groups excluding carboxylic acids is 2. The third kappa shape index (κ3) is 5.53. The number of ether oxygens (including phenoxy) is 1. The molecule has 0 saturated carbocycles. The van der Waals surface area contributed by atoms with Gasteiger partial charge in [0.1, 0.15) is 5.75 Å². The molecule has 3 aromatic rings. The zero-order chi connectivity index (χ0) is 28.4. The number of halogens is 3. The molecule has 0 spiro atoms. The molecule has 0 aromatic heterocycles. The summed E-state index contributed by atoms with van der Waals surface area (Å²) in [5.74, 6) is -4.02. The van der Waals surface area contributed by atoms with Crippen LogP contribution in [0.5, 0.6) is 5.75 Å². The second-order valence-electron chi connectivity index (χ2n) is 9.59. The van der Waals surface area contributed by atoms with E-state index in [1.165, 1.54) is 31.2 Å². The average molecular weight is 538 g/mol. The van der Waals surface area contributed by atoms with Crippen LogP contribution in [0.25, 0.3) is 11.1 Å². The Labute approximate surface area is 225 Å². The first kappa shape index (κ1) is 27.9. The Bertz CT molecular complexity index is 1400. The van der Waals surface area contributed by atoms with E-state index in [1.807, 2.05) is 37.3 Å². The van der Waals surface area contributed by atoms with Crippen LogP contribution in [0.3, 0.4) is 0 Å². The van der Waals surface area contributed by atoms with Gasteiger partial charge in [-0.15, -0.1) is 0 Å². The van der Waals surface area contributed by atoms with Crippen molar-refractivity contribution in [2.75, 3.05) is 10.3 Å². The van der Waals surface area contributed by atoms with Crippen molar-refractivity contribution in [3.05, 3.63) is 78.4 Å². The maximum atomic E-state index is 13.9. The van der Waals surface area contributed by atoms with Crippen LogP contribution >= 0.6 is 0 Å². The number of nitrogens with one attached hydrogen (secondary N) is 1. The fourth-order valence-electron chi connectivity index (χ4n) is 4.71. The molecule has 1 aliphatic rings. The van der Waals surface area contributed by atoms with Gasteiger partial charge in [-0.2, -0.15) is 10.1 Å². The molecule has 3 aromatic carbocycles. The lowest BCUT2D eigenvalue weighted by Gasteiger charge is -2.27. The highest BCUT2D eigenvalue weighted by Gasteiger charge is 2.55. The first-order chi connectivity index (χ1) is 18.5. The van der Waals surface area contributed by atoms with Gasteiger partial charge < -0.3 is 10.1 Å². The largest absolute Gasteiger partial charge is 0.460 e. The maximum Gasteiger partial charge on any atom is 0.270 e. The van der Waals surface area contributed by atoms with Crippen LogP contribution in [0.2, 0.25) is 0 Å². The fraction of sp³-hybridized carbons (Fsp3) is 0.300. The van der Waals surface area contributed by atoms with Gasteiger partial charge in [-0.1, -0.05) is 55.8 Å². The lowest BCUT2D eigenvalue weighted by molar-refractivity contribution is -0.133. The number of amides is 2. The Morgan fingerprint density at radius 2 is 1.82 bits per heavy atom. The summed E-state index contributed by atoms with van der Waals surface area (Å²) >= 11 is 0. The van der Waals surface area contributed by atoms with Crippen LogP contribution in [0.4, 0.5) is 24.5 Å². The van der Waals surface area contributed by atoms with Gasteiger partial charge in [-0.25, -0.2) is 13.2 Å². The Hall–Kier alpha value is -4.14. The predicted octanol–water partition coefficient (Wildman–Crippen LogP) is 7.31. The molecule has 0 radical (unpaired) electrons. The van der Waals surface area contributed by atoms with E-state index in [-0.39, 0.29) is 29.1 Å². The molecule has 2 unspecified atom stereocenters. The van der Waals surface area contributed by atoms with Crippen molar-refractivity contribution in [2.45, 2.75) is 52.8 Å². The van der Waals surface area contributed by atoms with E-state index in [4.69, 9.17) is 4.74 Å². The quantitative estimate of drug-likeness (QED) is 0.291. The summed E-state index contributed by atoms with van der Waals surface area (Å²) in [6.45, 7) is 5.49. The molecule has 0 bridgehead atoms. The van der Waals surface area contributed by atoms with Crippen molar-refractivity contribution in [3.63, 3.8) is 0 Å². The normalized spacial score (nSPS) is 18.1. The van der Waals surface area contributed by atoms with Gasteiger partial charge in [0.25, 0.3) is 11.8 Å². The Kier molecular flexibility index (Phi) is 7.81. The molecule has 4 rings (SSSR count). The van der Waals surface area contributed by atoms with Crippen LogP contribution in [0, 0.1) is 5.41 Å². The van der Waals surface area contributed by atoms with Crippen LogP contribution in [0.15, 0.2) is 77.9 Å². The molecule has 2 atom stereocenters. The van der Waals surface area contributed by atoms with Gasteiger partial charge in [0.2, 0.25) is 12.3 Å². The van der Waals surface area contributed by atoms with E-state index in [2.05, 4.69) is 10.4 Å². The van der Waals surface area contributed by atoms with Crippen LogP contribution in [-0.4, -0.2) is 23.9 Å². The van der Waals surface area contributed by atoms with Gasteiger partial charge in [0.05, 0.1) is 11.4 Å². The van der Waals surface area contributed by atoms with Gasteiger partial charge in [-0.3, -0.25) is 9.59 Å². The van der Waals surface area contributed by atoms with Crippen molar-refractivity contribution in [1.29, 1.82) is 0 Å². The smallest absolute Gasteiger partial charge is 0.270 e. The van der Waals surface area contributed by atoms with Crippen LogP contribution in [0.1, 0.15) is 46.1 Å². The van der Waals surface area contributed by atoms with Crippen molar-refractivity contribution < 1.29 is 27.5 Å².